The SMILES string of the molecule is CCOc1c(Cl)ccc(C)c1Cl. The van der Waals surface area contributed by atoms with Gasteiger partial charge in [0.15, 0.2) is 5.75 Å². The van der Waals surface area contributed by atoms with Crippen LogP contribution in [0, 0.1) is 6.92 Å². The van der Waals surface area contributed by atoms with Crippen LogP contribution in [0.25, 0.3) is 0 Å². The molecule has 0 N–H and O–H groups in total. The predicted octanol–water partition coefficient (Wildman–Crippen LogP) is 3.70. The van der Waals surface area contributed by atoms with Crippen LogP contribution in [0.2, 0.25) is 10.0 Å². The molecular weight excluding hydrogens is 195 g/mol. The number of hydrogen-bond donors (Lipinski definition) is 0. The second-order valence-electron chi connectivity index (χ2n) is 2.44. The van der Waals surface area contributed by atoms with Crippen molar-refractivity contribution in [1.29, 1.82) is 0 Å². The van der Waals surface area contributed by atoms with E-state index in [0.29, 0.717) is 22.4 Å². The molecule has 1 aromatic carbocycles. The number of aryl methyl sites for hydroxylation is 1. The van der Waals surface area contributed by atoms with Crippen LogP contribution in [0.1, 0.15) is 12.5 Å². The summed E-state index contributed by atoms with van der Waals surface area (Å²) in [6.45, 7) is 4.39. The Labute approximate surface area is 82.2 Å². The van der Waals surface area contributed by atoms with Gasteiger partial charge in [-0.1, -0.05) is 29.3 Å². The van der Waals surface area contributed by atoms with Gasteiger partial charge in [0.2, 0.25) is 0 Å². The molecule has 0 fully saturated rings. The first-order valence-corrected chi connectivity index (χ1v) is 4.49. The van der Waals surface area contributed by atoms with Crippen LogP contribution >= 0.6 is 23.2 Å². The molecule has 1 aromatic rings. The first-order chi connectivity index (χ1) is 5.66. The van der Waals surface area contributed by atoms with Gasteiger partial charge < -0.3 is 4.74 Å². The maximum Gasteiger partial charge on any atom is 0.156 e. The Morgan fingerprint density at radius 1 is 1.33 bits per heavy atom. The molecule has 0 atom stereocenters. The molecule has 0 unspecified atom stereocenters. The minimum absolute atomic E-state index is 0.562. The molecule has 0 saturated carbocycles. The lowest BCUT2D eigenvalue weighted by atomic mass is 10.2. The van der Waals surface area contributed by atoms with Crippen molar-refractivity contribution in [3.8, 4) is 5.75 Å². The normalized spacial score (nSPS) is 10.0. The average Bonchev–Trinajstić information content (AvgIpc) is 2.06. The highest BCUT2D eigenvalue weighted by atomic mass is 35.5. The summed E-state index contributed by atoms with van der Waals surface area (Å²) in [6.07, 6.45) is 0. The lowest BCUT2D eigenvalue weighted by Gasteiger charge is -2.08. The highest BCUT2D eigenvalue weighted by Crippen LogP contribution is 2.34. The molecule has 0 amide bonds. The molecule has 0 aromatic heterocycles. The molecule has 66 valence electrons. The fraction of sp³-hybridized carbons (Fsp3) is 0.333. The Morgan fingerprint density at radius 2 is 2.00 bits per heavy atom. The zero-order chi connectivity index (χ0) is 9.14. The van der Waals surface area contributed by atoms with Crippen LogP contribution in [0.4, 0.5) is 0 Å². The van der Waals surface area contributed by atoms with Crippen LogP contribution in [-0.4, -0.2) is 6.61 Å². The summed E-state index contributed by atoms with van der Waals surface area (Å²) in [6, 6.07) is 3.65. The summed E-state index contributed by atoms with van der Waals surface area (Å²) in [5.74, 6) is 0.584. The Kier molecular flexibility index (Phi) is 3.24. The second kappa shape index (κ2) is 4.01. The van der Waals surface area contributed by atoms with Crippen LogP contribution in [0.3, 0.4) is 0 Å². The summed E-state index contributed by atoms with van der Waals surface area (Å²) in [7, 11) is 0. The van der Waals surface area contributed by atoms with Crippen molar-refractivity contribution in [3.63, 3.8) is 0 Å². The third-order valence-electron chi connectivity index (χ3n) is 1.53. The first kappa shape index (κ1) is 9.69. The van der Waals surface area contributed by atoms with Crippen LogP contribution < -0.4 is 4.74 Å². The molecule has 0 aliphatic rings. The van der Waals surface area contributed by atoms with Crippen molar-refractivity contribution in [2.75, 3.05) is 6.61 Å². The topological polar surface area (TPSA) is 9.23 Å². The molecule has 0 bridgehead atoms. The smallest absolute Gasteiger partial charge is 0.156 e. The number of rotatable bonds is 2. The van der Waals surface area contributed by atoms with E-state index < -0.39 is 0 Å². The van der Waals surface area contributed by atoms with E-state index in [1.807, 2.05) is 19.9 Å². The number of ether oxygens (including phenoxy) is 1. The molecule has 0 aliphatic heterocycles. The molecule has 0 heterocycles. The largest absolute Gasteiger partial charge is 0.491 e. The van der Waals surface area contributed by atoms with E-state index in [9.17, 15) is 0 Å². The second-order valence-corrected chi connectivity index (χ2v) is 3.23. The van der Waals surface area contributed by atoms with Crippen LogP contribution in [0.15, 0.2) is 12.1 Å². The van der Waals surface area contributed by atoms with Gasteiger partial charge in [0.1, 0.15) is 0 Å². The average molecular weight is 205 g/mol. The van der Waals surface area contributed by atoms with Crippen molar-refractivity contribution in [3.05, 3.63) is 27.7 Å². The van der Waals surface area contributed by atoms with E-state index >= 15 is 0 Å². The number of halogens is 2. The summed E-state index contributed by atoms with van der Waals surface area (Å²) < 4.78 is 5.28. The molecule has 1 rings (SSSR count). The number of benzene rings is 1. The van der Waals surface area contributed by atoms with E-state index in [-0.39, 0.29) is 0 Å². The third-order valence-corrected chi connectivity index (χ3v) is 2.30. The van der Waals surface area contributed by atoms with Crippen molar-refractivity contribution < 1.29 is 4.74 Å². The van der Waals surface area contributed by atoms with Crippen molar-refractivity contribution >= 4 is 23.2 Å². The van der Waals surface area contributed by atoms with E-state index in [2.05, 4.69) is 0 Å². The molecule has 12 heavy (non-hydrogen) atoms. The number of hydrogen-bond acceptors (Lipinski definition) is 1. The highest BCUT2D eigenvalue weighted by molar-refractivity contribution is 6.37. The third kappa shape index (κ3) is 1.85. The predicted molar refractivity (Wildman–Crippen MR) is 52.4 cm³/mol. The van der Waals surface area contributed by atoms with E-state index in [1.165, 1.54) is 0 Å². The van der Waals surface area contributed by atoms with E-state index in [1.54, 1.807) is 6.07 Å². The molecule has 0 spiro atoms. The van der Waals surface area contributed by atoms with Crippen LogP contribution in [0.5, 0.6) is 5.75 Å². The zero-order valence-electron chi connectivity index (χ0n) is 7.03. The van der Waals surface area contributed by atoms with Gasteiger partial charge in [-0.2, -0.15) is 0 Å². The molecule has 0 saturated heterocycles. The van der Waals surface area contributed by atoms with Gasteiger partial charge in [-0.25, -0.2) is 0 Å². The zero-order valence-corrected chi connectivity index (χ0v) is 8.54. The maximum absolute atomic E-state index is 5.97. The van der Waals surface area contributed by atoms with E-state index in [4.69, 9.17) is 27.9 Å². The van der Waals surface area contributed by atoms with Crippen LogP contribution in [-0.2, 0) is 0 Å². The summed E-state index contributed by atoms with van der Waals surface area (Å²) in [4.78, 5) is 0. The monoisotopic (exact) mass is 204 g/mol. The highest BCUT2D eigenvalue weighted by Gasteiger charge is 2.08. The van der Waals surface area contributed by atoms with Gasteiger partial charge in [-0.15, -0.1) is 0 Å². The Hall–Kier alpha value is -0.400. The van der Waals surface area contributed by atoms with E-state index in [0.717, 1.165) is 5.56 Å². The molecular formula is C9H10Cl2O. The van der Waals surface area contributed by atoms with Gasteiger partial charge >= 0.3 is 0 Å². The van der Waals surface area contributed by atoms with Gasteiger partial charge in [0, 0.05) is 0 Å². The first-order valence-electron chi connectivity index (χ1n) is 3.74. The summed E-state index contributed by atoms with van der Waals surface area (Å²) in [5, 5.41) is 1.16. The molecule has 0 radical (unpaired) electrons. The van der Waals surface area contributed by atoms with Gasteiger partial charge in [0.05, 0.1) is 16.7 Å². The molecule has 0 aliphatic carbocycles. The lowest BCUT2D eigenvalue weighted by molar-refractivity contribution is 0.340. The Balaban J connectivity index is 3.14. The Bertz CT molecular complexity index is 284. The van der Waals surface area contributed by atoms with Gasteiger partial charge in [0.25, 0.3) is 0 Å². The fourth-order valence-electron chi connectivity index (χ4n) is 0.908. The molecule has 3 heteroatoms. The minimum atomic E-state index is 0.562. The Morgan fingerprint density at radius 3 is 2.58 bits per heavy atom. The van der Waals surface area contributed by atoms with Gasteiger partial charge in [-0.3, -0.25) is 0 Å². The minimum Gasteiger partial charge on any atom is -0.491 e. The van der Waals surface area contributed by atoms with Crippen molar-refractivity contribution in [2.45, 2.75) is 13.8 Å². The fourth-order valence-corrected chi connectivity index (χ4v) is 1.39. The lowest BCUT2D eigenvalue weighted by Crippen LogP contribution is -1.94. The van der Waals surface area contributed by atoms with Gasteiger partial charge in [-0.05, 0) is 25.5 Å². The molecule has 1 nitrogen and oxygen atoms in total. The quantitative estimate of drug-likeness (QED) is 0.715. The summed E-state index contributed by atoms with van der Waals surface area (Å²) >= 11 is 11.8. The summed E-state index contributed by atoms with van der Waals surface area (Å²) in [5.41, 5.74) is 0.976. The maximum atomic E-state index is 5.97. The van der Waals surface area contributed by atoms with Crippen molar-refractivity contribution in [2.24, 2.45) is 0 Å². The van der Waals surface area contributed by atoms with Crippen molar-refractivity contribution in [1.82, 2.24) is 0 Å². The standard InChI is InChI=1S/C9H10Cl2O/c1-3-12-9-7(10)5-4-6(2)8(9)11/h4-5H,3H2,1-2H3.